The fraction of sp³-hybridized carbons (Fsp3) is 1.00. The van der Waals surface area contributed by atoms with Gasteiger partial charge >= 0.3 is 0 Å². The highest BCUT2D eigenvalue weighted by Crippen LogP contribution is 2.05. The number of hydrogen-bond donors (Lipinski definition) is 0. The second-order valence-electron chi connectivity index (χ2n) is 2.49. The average Bonchev–Trinajstić information content (AvgIpc) is 1.90. The molecule has 46 valence electrons. The molecule has 1 fully saturated rings. The monoisotopic (exact) mass is 111 g/mol. The maximum atomic E-state index is 2.52. The first kappa shape index (κ1) is 6.15. The zero-order valence-corrected chi connectivity index (χ0v) is 5.69. The highest BCUT2D eigenvalue weighted by molar-refractivity contribution is 6.32. The largest absolute Gasteiger partial charge is 0.345 e. The average molecular weight is 111 g/mol. The molecule has 1 aliphatic rings. The van der Waals surface area contributed by atoms with Gasteiger partial charge in [-0.1, -0.05) is 19.7 Å². The summed E-state index contributed by atoms with van der Waals surface area (Å²) in [5, 5.41) is 0. The first-order valence-electron chi connectivity index (χ1n) is 3.66. The fourth-order valence-electron chi connectivity index (χ4n) is 1.28. The lowest BCUT2D eigenvalue weighted by Crippen LogP contribution is -2.31. The summed E-state index contributed by atoms with van der Waals surface area (Å²) in [4.78, 5) is 2.52. The summed E-state index contributed by atoms with van der Waals surface area (Å²) >= 11 is 0. The van der Waals surface area contributed by atoms with Crippen LogP contribution in [0.4, 0.5) is 0 Å². The van der Waals surface area contributed by atoms with E-state index in [1.54, 1.807) is 0 Å². The SMILES string of the molecule is CCN1BCCCC1. The van der Waals surface area contributed by atoms with Crippen molar-refractivity contribution in [1.29, 1.82) is 0 Å². The van der Waals surface area contributed by atoms with Crippen LogP contribution in [0.15, 0.2) is 0 Å². The minimum absolute atomic E-state index is 1.25. The maximum absolute atomic E-state index is 2.52. The van der Waals surface area contributed by atoms with E-state index in [0.29, 0.717) is 0 Å². The third-order valence-electron chi connectivity index (χ3n) is 1.90. The van der Waals surface area contributed by atoms with Gasteiger partial charge in [-0.2, -0.15) is 0 Å². The van der Waals surface area contributed by atoms with Gasteiger partial charge in [-0.15, -0.1) is 0 Å². The van der Waals surface area contributed by atoms with Gasteiger partial charge in [0, 0.05) is 0 Å². The van der Waals surface area contributed by atoms with Crippen molar-refractivity contribution in [3.63, 3.8) is 0 Å². The highest BCUT2D eigenvalue weighted by atomic mass is 15.0. The summed E-state index contributed by atoms with van der Waals surface area (Å²) in [7, 11) is 1.34. The molecule has 1 aliphatic heterocycles. The van der Waals surface area contributed by atoms with Crippen LogP contribution in [0.3, 0.4) is 0 Å². The zero-order valence-electron chi connectivity index (χ0n) is 5.69. The first-order valence-corrected chi connectivity index (χ1v) is 3.66. The Hall–Kier alpha value is 0.0249. The van der Waals surface area contributed by atoms with E-state index < -0.39 is 0 Å². The molecule has 8 heavy (non-hydrogen) atoms. The van der Waals surface area contributed by atoms with Crippen LogP contribution >= 0.6 is 0 Å². The summed E-state index contributed by atoms with van der Waals surface area (Å²) in [6.45, 7) is 4.84. The summed E-state index contributed by atoms with van der Waals surface area (Å²) < 4.78 is 0. The van der Waals surface area contributed by atoms with Crippen molar-refractivity contribution in [3.8, 4) is 0 Å². The molecule has 0 aromatic carbocycles. The maximum Gasteiger partial charge on any atom is 0.204 e. The molecular weight excluding hydrogens is 96.9 g/mol. The van der Waals surface area contributed by atoms with Gasteiger partial charge in [0.25, 0.3) is 0 Å². The topological polar surface area (TPSA) is 3.24 Å². The summed E-state index contributed by atoms with van der Waals surface area (Å²) in [5.41, 5.74) is 0. The second kappa shape index (κ2) is 3.13. The Morgan fingerprint density at radius 1 is 1.50 bits per heavy atom. The van der Waals surface area contributed by atoms with E-state index in [4.69, 9.17) is 0 Å². The molecule has 1 heterocycles. The third kappa shape index (κ3) is 1.51. The Morgan fingerprint density at radius 3 is 2.75 bits per heavy atom. The molecular formula is C6H14BN. The third-order valence-corrected chi connectivity index (χ3v) is 1.90. The van der Waals surface area contributed by atoms with Crippen molar-refractivity contribution < 1.29 is 0 Å². The van der Waals surface area contributed by atoms with Gasteiger partial charge in [-0.25, -0.2) is 0 Å². The molecule has 0 spiro atoms. The molecule has 1 nitrogen and oxygen atoms in total. The Labute approximate surface area is 52.3 Å². The standard InChI is InChI=1S/C6H14BN/c1-2-8-6-4-3-5-7-8/h7H,2-6H2,1H3. The van der Waals surface area contributed by atoms with E-state index >= 15 is 0 Å². The van der Waals surface area contributed by atoms with Gasteiger partial charge in [0.1, 0.15) is 0 Å². The van der Waals surface area contributed by atoms with Crippen LogP contribution < -0.4 is 0 Å². The molecule has 0 N–H and O–H groups in total. The Bertz CT molecular complexity index is 59.5. The van der Waals surface area contributed by atoms with E-state index in [1.165, 1.54) is 39.7 Å². The molecule has 1 rings (SSSR count). The normalized spacial score (nSPS) is 22.6. The number of rotatable bonds is 1. The molecule has 0 atom stereocenters. The van der Waals surface area contributed by atoms with E-state index in [0.717, 1.165) is 0 Å². The lowest BCUT2D eigenvalue weighted by atomic mass is 9.80. The zero-order chi connectivity index (χ0) is 5.82. The summed E-state index contributed by atoms with van der Waals surface area (Å²) in [6.07, 6.45) is 4.30. The lowest BCUT2D eigenvalue weighted by Gasteiger charge is -2.23. The van der Waals surface area contributed by atoms with Crippen LogP contribution in [-0.4, -0.2) is 25.3 Å². The van der Waals surface area contributed by atoms with Crippen LogP contribution in [0.1, 0.15) is 19.8 Å². The van der Waals surface area contributed by atoms with Gasteiger partial charge in [0.15, 0.2) is 0 Å². The molecule has 0 bridgehead atoms. The molecule has 1 saturated heterocycles. The van der Waals surface area contributed by atoms with Crippen molar-refractivity contribution in [2.45, 2.75) is 26.1 Å². The molecule has 2 heteroatoms. The van der Waals surface area contributed by atoms with E-state index in [1.807, 2.05) is 0 Å². The molecule has 0 aliphatic carbocycles. The van der Waals surface area contributed by atoms with E-state index in [2.05, 4.69) is 11.7 Å². The van der Waals surface area contributed by atoms with Crippen molar-refractivity contribution in [2.75, 3.05) is 13.1 Å². The van der Waals surface area contributed by atoms with Crippen LogP contribution in [0.2, 0.25) is 6.32 Å². The summed E-state index contributed by atoms with van der Waals surface area (Å²) in [6, 6.07) is 0. The molecule has 0 saturated carbocycles. The van der Waals surface area contributed by atoms with Gasteiger partial charge in [0.05, 0.1) is 0 Å². The highest BCUT2D eigenvalue weighted by Gasteiger charge is 2.07. The smallest absolute Gasteiger partial charge is 0.204 e. The predicted molar refractivity (Wildman–Crippen MR) is 38.4 cm³/mol. The van der Waals surface area contributed by atoms with Crippen LogP contribution in [-0.2, 0) is 0 Å². The minimum Gasteiger partial charge on any atom is -0.345 e. The van der Waals surface area contributed by atoms with Gasteiger partial charge < -0.3 is 4.81 Å². The van der Waals surface area contributed by atoms with Gasteiger partial charge in [0.2, 0.25) is 7.41 Å². The fourth-order valence-corrected chi connectivity index (χ4v) is 1.28. The first-order chi connectivity index (χ1) is 3.93. The van der Waals surface area contributed by atoms with Crippen molar-refractivity contribution in [1.82, 2.24) is 4.81 Å². The van der Waals surface area contributed by atoms with Crippen molar-refractivity contribution in [3.05, 3.63) is 0 Å². The van der Waals surface area contributed by atoms with Gasteiger partial charge in [-0.3, -0.25) is 0 Å². The molecule has 0 aromatic rings. The molecule has 0 aromatic heterocycles. The Balaban J connectivity index is 2.13. The molecule has 0 radical (unpaired) electrons. The predicted octanol–water partition coefficient (Wildman–Crippen LogP) is 0.872. The van der Waals surface area contributed by atoms with Crippen LogP contribution in [0, 0.1) is 0 Å². The molecule has 0 amide bonds. The van der Waals surface area contributed by atoms with Crippen LogP contribution in [0.5, 0.6) is 0 Å². The van der Waals surface area contributed by atoms with Crippen molar-refractivity contribution >= 4 is 7.41 Å². The quantitative estimate of drug-likeness (QED) is 0.454. The summed E-state index contributed by atoms with van der Waals surface area (Å²) in [5.74, 6) is 0. The second-order valence-corrected chi connectivity index (χ2v) is 2.49. The van der Waals surface area contributed by atoms with Crippen LogP contribution in [0.25, 0.3) is 0 Å². The lowest BCUT2D eigenvalue weighted by molar-refractivity contribution is 0.427. The molecule has 0 unspecified atom stereocenters. The Kier molecular flexibility index (Phi) is 2.41. The number of nitrogens with zero attached hydrogens (tertiary/aromatic N) is 1. The minimum atomic E-state index is 1.25. The van der Waals surface area contributed by atoms with E-state index in [-0.39, 0.29) is 0 Å². The number of hydrogen-bond acceptors (Lipinski definition) is 1. The Morgan fingerprint density at radius 2 is 2.38 bits per heavy atom. The van der Waals surface area contributed by atoms with E-state index in [9.17, 15) is 0 Å². The van der Waals surface area contributed by atoms with Crippen molar-refractivity contribution in [2.24, 2.45) is 0 Å². The van der Waals surface area contributed by atoms with Gasteiger partial charge in [-0.05, 0) is 19.5 Å².